The SMILES string of the molecule is COc1ccc([C@H](C)N(C)CC(=O)Nc2ccn(C)n2)cc1. The molecule has 6 nitrogen and oxygen atoms in total. The number of hydrogen-bond donors (Lipinski definition) is 1. The number of aromatic nitrogens is 2. The zero-order valence-corrected chi connectivity index (χ0v) is 13.4. The van der Waals surface area contributed by atoms with Crippen LogP contribution < -0.4 is 10.1 Å². The fourth-order valence-electron chi connectivity index (χ4n) is 2.16. The smallest absolute Gasteiger partial charge is 0.239 e. The van der Waals surface area contributed by atoms with Crippen molar-refractivity contribution >= 4 is 11.7 Å². The summed E-state index contributed by atoms with van der Waals surface area (Å²) in [4.78, 5) is 14.0. The lowest BCUT2D eigenvalue weighted by Crippen LogP contribution is -2.32. The van der Waals surface area contributed by atoms with Crippen LogP contribution in [0.3, 0.4) is 0 Å². The number of carbonyl (C=O) groups excluding carboxylic acids is 1. The number of rotatable bonds is 6. The van der Waals surface area contributed by atoms with Gasteiger partial charge in [0.2, 0.25) is 5.91 Å². The molecule has 6 heteroatoms. The van der Waals surface area contributed by atoms with Gasteiger partial charge in [-0.1, -0.05) is 12.1 Å². The van der Waals surface area contributed by atoms with E-state index in [4.69, 9.17) is 4.74 Å². The van der Waals surface area contributed by atoms with Gasteiger partial charge >= 0.3 is 0 Å². The van der Waals surface area contributed by atoms with Crippen LogP contribution in [-0.2, 0) is 11.8 Å². The van der Waals surface area contributed by atoms with E-state index < -0.39 is 0 Å². The molecule has 1 amide bonds. The number of hydrogen-bond acceptors (Lipinski definition) is 4. The van der Waals surface area contributed by atoms with Crippen molar-refractivity contribution in [3.8, 4) is 5.75 Å². The zero-order chi connectivity index (χ0) is 16.1. The fourth-order valence-corrected chi connectivity index (χ4v) is 2.16. The molecule has 0 aliphatic carbocycles. The molecule has 1 aromatic heterocycles. The Balaban J connectivity index is 1.92. The van der Waals surface area contributed by atoms with Crippen LogP contribution in [0.25, 0.3) is 0 Å². The molecule has 2 rings (SSSR count). The van der Waals surface area contributed by atoms with E-state index in [1.807, 2.05) is 43.3 Å². The van der Waals surface area contributed by atoms with Crippen LogP contribution >= 0.6 is 0 Å². The lowest BCUT2D eigenvalue weighted by atomic mass is 10.1. The monoisotopic (exact) mass is 302 g/mol. The van der Waals surface area contributed by atoms with E-state index in [9.17, 15) is 4.79 Å². The number of likely N-dealkylation sites (N-methyl/N-ethyl adjacent to an activating group) is 1. The van der Waals surface area contributed by atoms with Gasteiger partial charge in [0.1, 0.15) is 5.75 Å². The van der Waals surface area contributed by atoms with Gasteiger partial charge in [0.05, 0.1) is 13.7 Å². The van der Waals surface area contributed by atoms with Crippen molar-refractivity contribution in [2.45, 2.75) is 13.0 Å². The molecule has 1 atom stereocenters. The first kappa shape index (κ1) is 16.0. The topological polar surface area (TPSA) is 59.4 Å². The molecule has 22 heavy (non-hydrogen) atoms. The Bertz CT molecular complexity index is 621. The van der Waals surface area contributed by atoms with Gasteiger partial charge in [0.25, 0.3) is 0 Å². The number of carbonyl (C=O) groups is 1. The van der Waals surface area contributed by atoms with Crippen LogP contribution in [0.15, 0.2) is 36.5 Å². The predicted octanol–water partition coefficient (Wildman–Crippen LogP) is 2.06. The third kappa shape index (κ3) is 4.08. The van der Waals surface area contributed by atoms with Crippen molar-refractivity contribution in [1.29, 1.82) is 0 Å². The van der Waals surface area contributed by atoms with Gasteiger partial charge in [-0.3, -0.25) is 14.4 Å². The molecule has 0 saturated heterocycles. The van der Waals surface area contributed by atoms with Gasteiger partial charge < -0.3 is 10.1 Å². The summed E-state index contributed by atoms with van der Waals surface area (Å²) < 4.78 is 6.81. The number of methoxy groups -OCH3 is 1. The van der Waals surface area contributed by atoms with E-state index in [1.165, 1.54) is 0 Å². The first-order chi connectivity index (χ1) is 10.5. The van der Waals surface area contributed by atoms with Gasteiger partial charge in [0, 0.05) is 25.4 Å². The van der Waals surface area contributed by atoms with Crippen molar-refractivity contribution in [2.75, 3.05) is 26.0 Å². The number of benzene rings is 1. The van der Waals surface area contributed by atoms with E-state index in [0.29, 0.717) is 12.4 Å². The maximum atomic E-state index is 12.0. The highest BCUT2D eigenvalue weighted by atomic mass is 16.5. The van der Waals surface area contributed by atoms with E-state index in [-0.39, 0.29) is 11.9 Å². The van der Waals surface area contributed by atoms with E-state index in [0.717, 1.165) is 11.3 Å². The van der Waals surface area contributed by atoms with E-state index in [1.54, 1.807) is 24.1 Å². The fraction of sp³-hybridized carbons (Fsp3) is 0.375. The summed E-state index contributed by atoms with van der Waals surface area (Å²) in [5, 5.41) is 6.92. The standard InChI is InChI=1S/C16H22N4O2/c1-12(13-5-7-14(22-4)8-6-13)19(2)11-16(21)17-15-9-10-20(3)18-15/h5-10,12H,11H2,1-4H3,(H,17,18,21)/t12-/m0/s1. The quantitative estimate of drug-likeness (QED) is 0.887. The Kier molecular flexibility index (Phi) is 5.16. The number of nitrogens with zero attached hydrogens (tertiary/aromatic N) is 3. The molecule has 118 valence electrons. The Morgan fingerprint density at radius 3 is 2.59 bits per heavy atom. The minimum atomic E-state index is -0.0819. The summed E-state index contributed by atoms with van der Waals surface area (Å²) in [7, 11) is 5.38. The van der Waals surface area contributed by atoms with Crippen LogP contribution in [0.4, 0.5) is 5.82 Å². The van der Waals surface area contributed by atoms with E-state index >= 15 is 0 Å². The Morgan fingerprint density at radius 1 is 1.36 bits per heavy atom. The molecule has 1 heterocycles. The number of aryl methyl sites for hydroxylation is 1. The lowest BCUT2D eigenvalue weighted by molar-refractivity contribution is -0.117. The van der Waals surface area contributed by atoms with E-state index in [2.05, 4.69) is 17.3 Å². The number of amides is 1. The molecule has 0 fully saturated rings. The Morgan fingerprint density at radius 2 is 2.05 bits per heavy atom. The Hall–Kier alpha value is -2.34. The molecule has 1 N–H and O–H groups in total. The summed E-state index contributed by atoms with van der Waals surface area (Å²) in [5.74, 6) is 1.31. The highest BCUT2D eigenvalue weighted by Gasteiger charge is 2.15. The summed E-state index contributed by atoms with van der Waals surface area (Å²) in [6, 6.07) is 9.76. The second-order valence-corrected chi connectivity index (χ2v) is 5.29. The highest BCUT2D eigenvalue weighted by molar-refractivity contribution is 5.91. The summed E-state index contributed by atoms with van der Waals surface area (Å²) in [5.41, 5.74) is 1.13. The molecule has 0 saturated carbocycles. The number of anilines is 1. The molecule has 0 aliphatic rings. The average Bonchev–Trinajstić information content (AvgIpc) is 2.91. The van der Waals surface area contributed by atoms with Crippen molar-refractivity contribution in [2.24, 2.45) is 7.05 Å². The third-order valence-electron chi connectivity index (χ3n) is 3.63. The van der Waals surface area contributed by atoms with Gasteiger partial charge in [-0.15, -0.1) is 0 Å². The average molecular weight is 302 g/mol. The lowest BCUT2D eigenvalue weighted by Gasteiger charge is -2.24. The molecular formula is C16H22N4O2. The second-order valence-electron chi connectivity index (χ2n) is 5.29. The third-order valence-corrected chi connectivity index (χ3v) is 3.63. The highest BCUT2D eigenvalue weighted by Crippen LogP contribution is 2.21. The van der Waals surface area contributed by atoms with Crippen LogP contribution in [0.1, 0.15) is 18.5 Å². The summed E-state index contributed by atoms with van der Waals surface area (Å²) in [6.07, 6.45) is 1.79. The van der Waals surface area contributed by atoms with Crippen molar-refractivity contribution < 1.29 is 9.53 Å². The minimum Gasteiger partial charge on any atom is -0.497 e. The number of nitrogens with one attached hydrogen (secondary N) is 1. The van der Waals surface area contributed by atoms with Crippen molar-refractivity contribution in [3.63, 3.8) is 0 Å². The molecule has 2 aromatic rings. The van der Waals surface area contributed by atoms with Crippen LogP contribution in [0.5, 0.6) is 5.75 Å². The first-order valence-corrected chi connectivity index (χ1v) is 7.13. The summed E-state index contributed by atoms with van der Waals surface area (Å²) in [6.45, 7) is 2.36. The second kappa shape index (κ2) is 7.09. The van der Waals surface area contributed by atoms with Gasteiger partial charge in [-0.2, -0.15) is 5.10 Å². The first-order valence-electron chi connectivity index (χ1n) is 7.13. The molecule has 0 radical (unpaired) electrons. The minimum absolute atomic E-state index is 0.0819. The molecule has 0 spiro atoms. The molecular weight excluding hydrogens is 280 g/mol. The zero-order valence-electron chi connectivity index (χ0n) is 13.4. The molecule has 0 unspecified atom stereocenters. The largest absolute Gasteiger partial charge is 0.497 e. The normalized spacial score (nSPS) is 12.2. The van der Waals surface area contributed by atoms with Crippen LogP contribution in [0.2, 0.25) is 0 Å². The molecule has 0 aliphatic heterocycles. The Labute approximate surface area is 130 Å². The number of ether oxygens (including phenoxy) is 1. The summed E-state index contributed by atoms with van der Waals surface area (Å²) >= 11 is 0. The van der Waals surface area contributed by atoms with Crippen LogP contribution in [-0.4, -0.2) is 41.3 Å². The van der Waals surface area contributed by atoms with Gasteiger partial charge in [-0.05, 0) is 31.7 Å². The van der Waals surface area contributed by atoms with Crippen molar-refractivity contribution in [3.05, 3.63) is 42.1 Å². The van der Waals surface area contributed by atoms with Gasteiger partial charge in [-0.25, -0.2) is 0 Å². The van der Waals surface area contributed by atoms with Gasteiger partial charge in [0.15, 0.2) is 5.82 Å². The maximum absolute atomic E-state index is 12.0. The van der Waals surface area contributed by atoms with Crippen molar-refractivity contribution in [1.82, 2.24) is 14.7 Å². The van der Waals surface area contributed by atoms with Crippen LogP contribution in [0, 0.1) is 0 Å². The molecule has 0 bridgehead atoms. The predicted molar refractivity (Wildman–Crippen MR) is 85.9 cm³/mol. The molecule has 1 aromatic carbocycles. The maximum Gasteiger partial charge on any atom is 0.239 e.